The number of hydrazone groups is 1. The fourth-order valence-corrected chi connectivity index (χ4v) is 5.13. The zero-order chi connectivity index (χ0) is 21.9. The lowest BCUT2D eigenvalue weighted by Crippen LogP contribution is -2.28. The third-order valence-electron chi connectivity index (χ3n) is 5.41. The molecule has 32 heavy (non-hydrogen) atoms. The zero-order valence-corrected chi connectivity index (χ0v) is 19.0. The van der Waals surface area contributed by atoms with Crippen LogP contribution in [0.3, 0.4) is 0 Å². The van der Waals surface area contributed by atoms with Crippen LogP contribution in [0.5, 0.6) is 5.75 Å². The standard InChI is InChI=1S/C24H20N4O2S2/c1-30-20-10-8-17(9-11-20)22-13-21(19-7-6-16-4-2-3-5-18(16)12-19)27-28(22)23(29)14-31-24-26-25-15-32-24/h2-12,15,22H,13-14H2,1H3. The van der Waals surface area contributed by atoms with Gasteiger partial charge in [-0.3, -0.25) is 4.79 Å². The summed E-state index contributed by atoms with van der Waals surface area (Å²) in [5.41, 5.74) is 4.64. The minimum Gasteiger partial charge on any atom is -0.497 e. The Hall–Kier alpha value is -3.23. The van der Waals surface area contributed by atoms with Gasteiger partial charge in [-0.15, -0.1) is 10.2 Å². The number of benzene rings is 3. The number of fused-ring (bicyclic) bond motifs is 1. The molecule has 1 aliphatic rings. The van der Waals surface area contributed by atoms with Crippen molar-refractivity contribution < 1.29 is 9.53 Å². The van der Waals surface area contributed by atoms with Crippen molar-refractivity contribution in [2.24, 2.45) is 5.10 Å². The molecule has 160 valence electrons. The summed E-state index contributed by atoms with van der Waals surface area (Å²) in [4.78, 5) is 13.2. The number of rotatable bonds is 6. The van der Waals surface area contributed by atoms with E-state index in [-0.39, 0.29) is 17.7 Å². The monoisotopic (exact) mass is 460 g/mol. The Morgan fingerprint density at radius 3 is 2.69 bits per heavy atom. The summed E-state index contributed by atoms with van der Waals surface area (Å²) in [5, 5.41) is 16.6. The summed E-state index contributed by atoms with van der Waals surface area (Å²) < 4.78 is 6.07. The second kappa shape index (κ2) is 9.10. The Morgan fingerprint density at radius 2 is 1.94 bits per heavy atom. The maximum atomic E-state index is 13.2. The third kappa shape index (κ3) is 4.24. The second-order valence-corrected chi connectivity index (χ2v) is 9.39. The Bertz CT molecular complexity index is 1270. The van der Waals surface area contributed by atoms with Gasteiger partial charge in [0.05, 0.1) is 24.6 Å². The van der Waals surface area contributed by atoms with E-state index in [2.05, 4.69) is 40.5 Å². The summed E-state index contributed by atoms with van der Waals surface area (Å²) in [7, 11) is 1.64. The van der Waals surface area contributed by atoms with Gasteiger partial charge in [0.1, 0.15) is 11.3 Å². The molecule has 5 rings (SSSR count). The van der Waals surface area contributed by atoms with E-state index in [1.165, 1.54) is 28.5 Å². The van der Waals surface area contributed by atoms with E-state index in [1.54, 1.807) is 17.6 Å². The SMILES string of the molecule is COc1ccc(C2CC(c3ccc4ccccc4c3)=NN2C(=O)CSc2nncs2)cc1. The molecular weight excluding hydrogens is 440 g/mol. The van der Waals surface area contributed by atoms with Gasteiger partial charge in [0.2, 0.25) is 0 Å². The topological polar surface area (TPSA) is 67.7 Å². The number of methoxy groups -OCH3 is 1. The molecule has 1 unspecified atom stereocenters. The van der Waals surface area contributed by atoms with E-state index in [1.807, 2.05) is 36.4 Å². The summed E-state index contributed by atoms with van der Waals surface area (Å²) in [6.45, 7) is 0. The Kier molecular flexibility index (Phi) is 5.87. The number of ether oxygens (including phenoxy) is 1. The first-order valence-corrected chi connectivity index (χ1v) is 12.0. The molecule has 4 aromatic rings. The number of thioether (sulfide) groups is 1. The van der Waals surface area contributed by atoms with Gasteiger partial charge >= 0.3 is 0 Å². The van der Waals surface area contributed by atoms with Crippen LogP contribution < -0.4 is 4.74 Å². The average Bonchev–Trinajstić information content (AvgIpc) is 3.53. The summed E-state index contributed by atoms with van der Waals surface area (Å²) in [6, 6.07) is 22.3. The molecule has 3 aromatic carbocycles. The van der Waals surface area contributed by atoms with Crippen molar-refractivity contribution >= 4 is 45.5 Å². The highest BCUT2D eigenvalue weighted by Crippen LogP contribution is 2.35. The molecule has 0 saturated carbocycles. The molecular formula is C24H20N4O2S2. The van der Waals surface area contributed by atoms with E-state index in [0.717, 1.165) is 32.3 Å². The number of aromatic nitrogens is 2. The van der Waals surface area contributed by atoms with Gasteiger partial charge < -0.3 is 4.74 Å². The van der Waals surface area contributed by atoms with Crippen LogP contribution in [0.1, 0.15) is 23.6 Å². The first-order chi connectivity index (χ1) is 15.7. The van der Waals surface area contributed by atoms with Gasteiger partial charge in [0.25, 0.3) is 5.91 Å². The average molecular weight is 461 g/mol. The van der Waals surface area contributed by atoms with Crippen molar-refractivity contribution in [1.82, 2.24) is 15.2 Å². The van der Waals surface area contributed by atoms with Crippen molar-refractivity contribution in [2.75, 3.05) is 12.9 Å². The second-order valence-electron chi connectivity index (χ2n) is 7.33. The number of amides is 1. The first-order valence-electron chi connectivity index (χ1n) is 10.1. The normalized spacial score (nSPS) is 15.7. The maximum absolute atomic E-state index is 13.2. The van der Waals surface area contributed by atoms with Crippen molar-refractivity contribution in [3.05, 3.63) is 83.4 Å². The van der Waals surface area contributed by atoms with Gasteiger partial charge in [-0.1, -0.05) is 71.6 Å². The van der Waals surface area contributed by atoms with Crippen LogP contribution in [-0.2, 0) is 4.79 Å². The molecule has 0 saturated heterocycles. The van der Waals surface area contributed by atoms with Crippen LogP contribution in [0.2, 0.25) is 0 Å². The van der Waals surface area contributed by atoms with Crippen LogP contribution in [0.25, 0.3) is 10.8 Å². The highest BCUT2D eigenvalue weighted by Gasteiger charge is 2.33. The van der Waals surface area contributed by atoms with Crippen LogP contribution in [0.4, 0.5) is 0 Å². The van der Waals surface area contributed by atoms with Gasteiger partial charge in [0.15, 0.2) is 4.34 Å². The molecule has 0 spiro atoms. The minimum atomic E-state index is -0.162. The Morgan fingerprint density at radius 1 is 1.12 bits per heavy atom. The fraction of sp³-hybridized carbons (Fsp3) is 0.167. The Balaban J connectivity index is 1.45. The van der Waals surface area contributed by atoms with Crippen LogP contribution in [-0.4, -0.2) is 39.7 Å². The lowest BCUT2D eigenvalue weighted by atomic mass is 9.97. The molecule has 8 heteroatoms. The summed E-state index contributed by atoms with van der Waals surface area (Å²) >= 11 is 2.82. The number of hydrogen-bond acceptors (Lipinski definition) is 7. The van der Waals surface area contributed by atoms with Crippen LogP contribution in [0.15, 0.2) is 81.7 Å². The molecule has 6 nitrogen and oxygen atoms in total. The molecule has 0 radical (unpaired) electrons. The molecule has 1 aromatic heterocycles. The predicted octanol–water partition coefficient (Wildman–Crippen LogP) is 5.17. The van der Waals surface area contributed by atoms with E-state index in [4.69, 9.17) is 9.84 Å². The van der Waals surface area contributed by atoms with Gasteiger partial charge in [-0.25, -0.2) is 5.01 Å². The van der Waals surface area contributed by atoms with Gasteiger partial charge in [-0.2, -0.15) is 5.10 Å². The van der Waals surface area contributed by atoms with Crippen molar-refractivity contribution in [2.45, 2.75) is 16.8 Å². The van der Waals surface area contributed by atoms with Crippen molar-refractivity contribution in [1.29, 1.82) is 0 Å². The van der Waals surface area contributed by atoms with Crippen LogP contribution >= 0.6 is 23.1 Å². The summed E-state index contributed by atoms with van der Waals surface area (Å²) in [6.07, 6.45) is 0.653. The predicted molar refractivity (Wildman–Crippen MR) is 128 cm³/mol. The van der Waals surface area contributed by atoms with Crippen molar-refractivity contribution in [3.63, 3.8) is 0 Å². The minimum absolute atomic E-state index is 0.0539. The number of hydrogen-bond donors (Lipinski definition) is 0. The lowest BCUT2D eigenvalue weighted by Gasteiger charge is -2.22. The number of carbonyl (C=O) groups is 1. The molecule has 0 bridgehead atoms. The third-order valence-corrected chi connectivity index (χ3v) is 7.25. The fourth-order valence-electron chi connectivity index (χ4n) is 3.78. The van der Waals surface area contributed by atoms with E-state index < -0.39 is 0 Å². The maximum Gasteiger partial charge on any atom is 0.253 e. The van der Waals surface area contributed by atoms with Gasteiger partial charge in [0, 0.05) is 6.42 Å². The summed E-state index contributed by atoms with van der Waals surface area (Å²) in [5.74, 6) is 0.991. The Labute approximate surface area is 193 Å². The zero-order valence-electron chi connectivity index (χ0n) is 17.3. The lowest BCUT2D eigenvalue weighted by molar-refractivity contribution is -0.130. The molecule has 0 N–H and O–H groups in total. The van der Waals surface area contributed by atoms with E-state index in [9.17, 15) is 4.79 Å². The molecule has 1 amide bonds. The smallest absolute Gasteiger partial charge is 0.253 e. The molecule has 1 atom stereocenters. The van der Waals surface area contributed by atoms with E-state index in [0.29, 0.717) is 6.42 Å². The molecule has 2 heterocycles. The highest BCUT2D eigenvalue weighted by molar-refractivity contribution is 8.01. The van der Waals surface area contributed by atoms with E-state index >= 15 is 0 Å². The largest absolute Gasteiger partial charge is 0.497 e. The first kappa shape index (κ1) is 20.7. The van der Waals surface area contributed by atoms with Crippen molar-refractivity contribution in [3.8, 4) is 5.75 Å². The highest BCUT2D eigenvalue weighted by atomic mass is 32.2. The van der Waals surface area contributed by atoms with Crippen LogP contribution in [0, 0.1) is 0 Å². The van der Waals surface area contributed by atoms with Gasteiger partial charge in [-0.05, 0) is 40.1 Å². The number of nitrogens with zero attached hydrogens (tertiary/aromatic N) is 4. The molecule has 1 aliphatic heterocycles. The molecule has 0 fully saturated rings. The quantitative estimate of drug-likeness (QED) is 0.371. The molecule has 0 aliphatic carbocycles. The number of carbonyl (C=O) groups excluding carboxylic acids is 1.